The lowest BCUT2D eigenvalue weighted by Crippen LogP contribution is -2.30. The molecule has 1 atom stereocenters. The Bertz CT molecular complexity index is 2190. The van der Waals surface area contributed by atoms with Crippen LogP contribution in [0.1, 0.15) is 26.7 Å². The average molecular weight is 727 g/mol. The minimum absolute atomic E-state index is 0.0358. The minimum Gasteiger partial charge on any atom is -0.496 e. The third-order valence-corrected chi connectivity index (χ3v) is 9.82. The summed E-state index contributed by atoms with van der Waals surface area (Å²) in [7, 11) is 3.15. The lowest BCUT2D eigenvalue weighted by molar-refractivity contribution is -0.116. The second-order valence-corrected chi connectivity index (χ2v) is 13.3. The molecule has 0 fully saturated rings. The second-order valence-electron chi connectivity index (χ2n) is 11.2. The summed E-state index contributed by atoms with van der Waals surface area (Å²) in [6, 6.07) is 40.1. The van der Waals surface area contributed by atoms with E-state index in [2.05, 4.69) is 20.9 Å². The molecular formula is C41H34N4O5S2. The van der Waals surface area contributed by atoms with Crippen molar-refractivity contribution in [2.45, 2.75) is 10.1 Å². The topological polar surface area (TPSA) is 119 Å². The zero-order valence-corrected chi connectivity index (χ0v) is 29.9. The molecule has 0 saturated heterocycles. The van der Waals surface area contributed by atoms with Crippen LogP contribution in [0.4, 0.5) is 10.8 Å². The summed E-state index contributed by atoms with van der Waals surface area (Å²) in [6.45, 7) is 0. The molecule has 0 aliphatic heterocycles. The number of carbonyl (C=O) groups is 3. The molecule has 260 valence electrons. The van der Waals surface area contributed by atoms with E-state index in [9.17, 15) is 14.4 Å². The molecule has 3 amide bonds. The van der Waals surface area contributed by atoms with Crippen LogP contribution in [-0.4, -0.2) is 36.9 Å². The largest absolute Gasteiger partial charge is 0.496 e. The minimum atomic E-state index is -0.594. The number of benzene rings is 5. The van der Waals surface area contributed by atoms with Gasteiger partial charge in [0.2, 0.25) is 5.91 Å². The maximum atomic E-state index is 13.8. The predicted octanol–water partition coefficient (Wildman–Crippen LogP) is 8.71. The van der Waals surface area contributed by atoms with Crippen molar-refractivity contribution in [3.63, 3.8) is 0 Å². The molecule has 1 aromatic heterocycles. The van der Waals surface area contributed by atoms with Gasteiger partial charge in [-0.3, -0.25) is 14.4 Å². The Labute approximate surface area is 309 Å². The lowest BCUT2D eigenvalue weighted by atomic mass is 10.1. The number of nitrogens with one attached hydrogen (secondary N) is 3. The van der Waals surface area contributed by atoms with Gasteiger partial charge in [0, 0.05) is 32.7 Å². The average Bonchev–Trinajstić information content (AvgIpc) is 3.66. The smallest absolute Gasteiger partial charge is 0.272 e. The standard InChI is InChI=1S/C41H34N4O5S2/c1-49-35-19-11-9-17-29(35)25-33(43-38(46)28-15-7-4-8-16-28)39(47)42-30-21-23-31(24-22-30)52-37(27-13-5-3-6-14-27)40(48)45-41-44-34(26-51-41)32-18-10-12-20-36(32)50-2/h3-26,37H,1-2H3,(H,42,47)(H,43,46)(H,44,45,48)/b33-25-. The van der Waals surface area contributed by atoms with Crippen molar-refractivity contribution in [2.75, 3.05) is 24.9 Å². The highest BCUT2D eigenvalue weighted by molar-refractivity contribution is 8.00. The number of hydrogen-bond donors (Lipinski definition) is 3. The normalized spacial score (nSPS) is 11.6. The third-order valence-electron chi connectivity index (χ3n) is 7.79. The molecule has 6 aromatic rings. The van der Waals surface area contributed by atoms with Crippen molar-refractivity contribution < 1.29 is 23.9 Å². The van der Waals surface area contributed by atoms with Crippen LogP contribution in [0.15, 0.2) is 149 Å². The number of methoxy groups -OCH3 is 2. The van der Waals surface area contributed by atoms with E-state index in [1.165, 1.54) is 23.1 Å². The highest BCUT2D eigenvalue weighted by atomic mass is 32.2. The number of nitrogens with zero attached hydrogens (tertiary/aromatic N) is 1. The Kier molecular flexibility index (Phi) is 11.8. The number of thioether (sulfide) groups is 1. The van der Waals surface area contributed by atoms with Crippen molar-refractivity contribution in [2.24, 2.45) is 0 Å². The predicted molar refractivity (Wildman–Crippen MR) is 208 cm³/mol. The van der Waals surface area contributed by atoms with Gasteiger partial charge in [-0.25, -0.2) is 4.98 Å². The van der Waals surface area contributed by atoms with Crippen molar-refractivity contribution in [1.29, 1.82) is 0 Å². The van der Waals surface area contributed by atoms with E-state index in [1.807, 2.05) is 90.3 Å². The molecule has 5 aromatic carbocycles. The van der Waals surface area contributed by atoms with Crippen LogP contribution in [0, 0.1) is 0 Å². The first-order valence-corrected chi connectivity index (χ1v) is 17.9. The molecule has 0 bridgehead atoms. The summed E-state index contributed by atoms with van der Waals surface area (Å²) in [4.78, 5) is 45.9. The fraction of sp³-hybridized carbons (Fsp3) is 0.0732. The Balaban J connectivity index is 1.18. The van der Waals surface area contributed by atoms with Crippen molar-refractivity contribution in [3.8, 4) is 22.8 Å². The van der Waals surface area contributed by atoms with Crippen LogP contribution < -0.4 is 25.4 Å². The van der Waals surface area contributed by atoms with Gasteiger partial charge >= 0.3 is 0 Å². The van der Waals surface area contributed by atoms with Crippen LogP contribution in [-0.2, 0) is 9.59 Å². The van der Waals surface area contributed by atoms with Gasteiger partial charge in [-0.2, -0.15) is 0 Å². The number of rotatable bonds is 13. The Morgan fingerprint density at radius 3 is 2.08 bits per heavy atom. The fourth-order valence-corrected chi connectivity index (χ4v) is 6.96. The molecule has 0 aliphatic rings. The van der Waals surface area contributed by atoms with E-state index in [-0.39, 0.29) is 11.6 Å². The van der Waals surface area contributed by atoms with E-state index in [4.69, 9.17) is 9.47 Å². The first-order chi connectivity index (χ1) is 25.4. The highest BCUT2D eigenvalue weighted by Crippen LogP contribution is 2.38. The number of carbonyl (C=O) groups excluding carboxylic acids is 3. The number of thiazole rings is 1. The Hall–Kier alpha value is -6.17. The Morgan fingerprint density at radius 2 is 1.37 bits per heavy atom. The van der Waals surface area contributed by atoms with Crippen molar-refractivity contribution >= 4 is 57.7 Å². The van der Waals surface area contributed by atoms with E-state index in [0.29, 0.717) is 39.1 Å². The van der Waals surface area contributed by atoms with Gasteiger partial charge in [-0.1, -0.05) is 78.9 Å². The van der Waals surface area contributed by atoms with Gasteiger partial charge in [0.1, 0.15) is 22.4 Å². The maximum absolute atomic E-state index is 13.8. The zero-order valence-electron chi connectivity index (χ0n) is 28.2. The van der Waals surface area contributed by atoms with Gasteiger partial charge in [0.05, 0.1) is 19.9 Å². The van der Waals surface area contributed by atoms with Gasteiger partial charge < -0.3 is 25.4 Å². The summed E-state index contributed by atoms with van der Waals surface area (Å²) in [5, 5.41) is 10.4. The first-order valence-electron chi connectivity index (χ1n) is 16.2. The van der Waals surface area contributed by atoms with Gasteiger partial charge in [-0.05, 0) is 66.2 Å². The van der Waals surface area contributed by atoms with Crippen LogP contribution in [0.2, 0.25) is 0 Å². The quantitative estimate of drug-likeness (QED) is 0.0805. The van der Waals surface area contributed by atoms with Gasteiger partial charge in [-0.15, -0.1) is 23.1 Å². The van der Waals surface area contributed by atoms with Crippen LogP contribution in [0.5, 0.6) is 11.5 Å². The zero-order chi connectivity index (χ0) is 36.3. The third kappa shape index (κ3) is 8.94. The number of aromatic nitrogens is 1. The van der Waals surface area contributed by atoms with E-state index in [0.717, 1.165) is 16.0 Å². The molecule has 0 radical (unpaired) electrons. The first kappa shape index (κ1) is 35.6. The molecule has 11 heteroatoms. The molecule has 1 unspecified atom stereocenters. The number of amides is 3. The molecule has 52 heavy (non-hydrogen) atoms. The molecule has 3 N–H and O–H groups in total. The van der Waals surface area contributed by atoms with E-state index >= 15 is 0 Å². The molecule has 1 heterocycles. The lowest BCUT2D eigenvalue weighted by Gasteiger charge is -2.17. The van der Waals surface area contributed by atoms with E-state index in [1.54, 1.807) is 68.8 Å². The number of anilines is 2. The van der Waals surface area contributed by atoms with Crippen molar-refractivity contribution in [3.05, 3.63) is 161 Å². The molecule has 0 aliphatic carbocycles. The van der Waals surface area contributed by atoms with Gasteiger partial charge in [0.25, 0.3) is 11.8 Å². The molecule has 6 rings (SSSR count). The Morgan fingerprint density at radius 1 is 0.731 bits per heavy atom. The summed E-state index contributed by atoms with van der Waals surface area (Å²) in [5.41, 5.74) is 3.93. The highest BCUT2D eigenvalue weighted by Gasteiger charge is 2.24. The molecule has 9 nitrogen and oxygen atoms in total. The summed E-state index contributed by atoms with van der Waals surface area (Å²) in [6.07, 6.45) is 1.57. The monoisotopic (exact) mass is 726 g/mol. The van der Waals surface area contributed by atoms with Crippen LogP contribution in [0.25, 0.3) is 17.3 Å². The maximum Gasteiger partial charge on any atom is 0.272 e. The van der Waals surface area contributed by atoms with Crippen LogP contribution >= 0.6 is 23.1 Å². The second kappa shape index (κ2) is 17.2. The van der Waals surface area contributed by atoms with Crippen LogP contribution in [0.3, 0.4) is 0 Å². The fourth-order valence-electron chi connectivity index (χ4n) is 5.22. The summed E-state index contributed by atoms with van der Waals surface area (Å²) >= 11 is 2.71. The number of ether oxygens (including phenoxy) is 2. The summed E-state index contributed by atoms with van der Waals surface area (Å²) < 4.78 is 10.9. The SMILES string of the molecule is COc1ccccc1/C=C(\NC(=O)c1ccccc1)C(=O)Nc1ccc(SC(C(=O)Nc2nc(-c3ccccc3OC)cs2)c2ccccc2)cc1. The summed E-state index contributed by atoms with van der Waals surface area (Å²) in [5.74, 6) is 0.0704. The number of para-hydroxylation sites is 2. The van der Waals surface area contributed by atoms with Gasteiger partial charge in [0.15, 0.2) is 5.13 Å². The number of hydrogen-bond acceptors (Lipinski definition) is 8. The molecule has 0 spiro atoms. The van der Waals surface area contributed by atoms with E-state index < -0.39 is 17.1 Å². The van der Waals surface area contributed by atoms with Crippen molar-refractivity contribution in [1.82, 2.24) is 10.3 Å². The molecule has 0 saturated carbocycles. The molecular weight excluding hydrogens is 693 g/mol.